The lowest BCUT2D eigenvalue weighted by molar-refractivity contribution is -0.539. The lowest BCUT2D eigenvalue weighted by Crippen LogP contribution is -2.21. The minimum Gasteiger partial charge on any atom is -0.433 e. The van der Waals surface area contributed by atoms with E-state index < -0.39 is 6.09 Å². The molecule has 1 aromatic heterocycles. The topological polar surface area (TPSA) is 70.0 Å². The highest BCUT2D eigenvalue weighted by atomic mass is 16.5. The van der Waals surface area contributed by atoms with Crippen molar-refractivity contribution in [3.63, 3.8) is 0 Å². The predicted octanol–water partition coefficient (Wildman–Crippen LogP) is 0.498. The molecular formula is C8H8N3O3+. The SMILES string of the molecule is COC(=O)n1[nH][n+](=O)c2ccccc21. The van der Waals surface area contributed by atoms with Crippen molar-refractivity contribution < 1.29 is 14.1 Å². The van der Waals surface area contributed by atoms with Crippen molar-refractivity contribution >= 4 is 17.1 Å². The highest BCUT2D eigenvalue weighted by Gasteiger charge is 2.20. The first kappa shape index (κ1) is 8.49. The molecule has 2 rings (SSSR count). The molecule has 6 nitrogen and oxygen atoms in total. The first-order valence-electron chi connectivity index (χ1n) is 3.94. The maximum atomic E-state index is 11.3. The second-order valence-corrected chi connectivity index (χ2v) is 2.69. The van der Waals surface area contributed by atoms with Gasteiger partial charge in [-0.1, -0.05) is 12.1 Å². The van der Waals surface area contributed by atoms with Crippen LogP contribution in [-0.4, -0.2) is 23.1 Å². The predicted molar refractivity (Wildman–Crippen MR) is 47.5 cm³/mol. The van der Waals surface area contributed by atoms with Crippen LogP contribution in [0.15, 0.2) is 24.3 Å². The molecule has 1 N–H and O–H groups in total. The molecule has 14 heavy (non-hydrogen) atoms. The highest BCUT2D eigenvalue weighted by molar-refractivity contribution is 5.82. The summed E-state index contributed by atoms with van der Waals surface area (Å²) in [6, 6.07) is 6.71. The van der Waals surface area contributed by atoms with E-state index in [0.29, 0.717) is 15.6 Å². The number of nitrogens with zero attached hydrogens (tertiary/aromatic N) is 2. The van der Waals surface area contributed by atoms with E-state index in [-0.39, 0.29) is 0 Å². The standard InChI is InChI=1S/C8H8N3O3/c1-14-8(12)10-6-4-2-3-5-7(6)11(13)9-10/h2-5H,1H3,(H,9,13)/q+1. The Labute approximate surface area is 78.3 Å². The van der Waals surface area contributed by atoms with Crippen LogP contribution in [-0.2, 0) is 4.74 Å². The van der Waals surface area contributed by atoms with Crippen molar-refractivity contribution in [3.8, 4) is 0 Å². The Morgan fingerprint density at radius 1 is 1.50 bits per heavy atom. The Bertz CT molecular complexity index is 540. The summed E-state index contributed by atoms with van der Waals surface area (Å²) < 4.78 is 6.05. The van der Waals surface area contributed by atoms with Gasteiger partial charge in [0.05, 0.1) is 11.7 Å². The summed E-state index contributed by atoms with van der Waals surface area (Å²) >= 11 is 0. The zero-order valence-electron chi connectivity index (χ0n) is 7.43. The molecule has 0 spiro atoms. The molecule has 0 saturated carbocycles. The number of hydrogen-bond acceptors (Lipinski definition) is 3. The number of fused-ring (bicyclic) bond motifs is 1. The smallest absolute Gasteiger partial charge is 0.433 e. The quantitative estimate of drug-likeness (QED) is 0.621. The van der Waals surface area contributed by atoms with E-state index in [1.807, 2.05) is 0 Å². The maximum Gasteiger partial charge on any atom is 0.531 e. The molecule has 0 aliphatic heterocycles. The molecule has 0 amide bonds. The molecule has 0 saturated heterocycles. The molecule has 1 aromatic carbocycles. The number of rotatable bonds is 0. The van der Waals surface area contributed by atoms with Gasteiger partial charge in [0.1, 0.15) is 0 Å². The number of benzene rings is 1. The van der Waals surface area contributed by atoms with Gasteiger partial charge in [-0.3, -0.25) is 0 Å². The Kier molecular flexibility index (Phi) is 1.81. The lowest BCUT2D eigenvalue weighted by Gasteiger charge is -1.90. The fraction of sp³-hybridized carbons (Fsp3) is 0.125. The molecule has 1 heterocycles. The average molecular weight is 194 g/mol. The molecule has 0 bridgehead atoms. The van der Waals surface area contributed by atoms with Crippen LogP contribution in [0.25, 0.3) is 11.0 Å². The molecule has 0 aliphatic rings. The van der Waals surface area contributed by atoms with Gasteiger partial charge in [-0.15, -0.1) is 0 Å². The molecular weight excluding hydrogens is 186 g/mol. The molecule has 0 radical (unpaired) electrons. The van der Waals surface area contributed by atoms with Crippen LogP contribution in [0.5, 0.6) is 0 Å². The zero-order chi connectivity index (χ0) is 10.1. The van der Waals surface area contributed by atoms with Gasteiger partial charge < -0.3 is 4.74 Å². The Hall–Kier alpha value is -2.11. The number of para-hydroxylation sites is 2. The van der Waals surface area contributed by atoms with Gasteiger partial charge in [-0.25, -0.2) is 0 Å². The van der Waals surface area contributed by atoms with Crippen molar-refractivity contribution in [2.24, 2.45) is 0 Å². The van der Waals surface area contributed by atoms with Crippen LogP contribution in [0.2, 0.25) is 0 Å². The second kappa shape index (κ2) is 2.99. The monoisotopic (exact) mass is 194 g/mol. The summed E-state index contributed by atoms with van der Waals surface area (Å²) in [6.45, 7) is 0. The minimum absolute atomic E-state index is 0.387. The molecule has 0 aliphatic carbocycles. The summed E-state index contributed by atoms with van der Waals surface area (Å²) in [6.07, 6.45) is -0.629. The fourth-order valence-corrected chi connectivity index (χ4v) is 1.25. The zero-order valence-corrected chi connectivity index (χ0v) is 7.43. The van der Waals surface area contributed by atoms with Gasteiger partial charge in [-0.2, -0.15) is 4.79 Å². The minimum atomic E-state index is -0.629. The molecule has 6 heteroatoms. The Morgan fingerprint density at radius 3 is 2.93 bits per heavy atom. The van der Waals surface area contributed by atoms with Crippen LogP contribution in [0.4, 0.5) is 4.79 Å². The second-order valence-electron chi connectivity index (χ2n) is 2.69. The molecule has 0 fully saturated rings. The largest absolute Gasteiger partial charge is 0.531 e. The Morgan fingerprint density at radius 2 is 2.21 bits per heavy atom. The number of hydrogen-bond donors (Lipinski definition) is 1. The lowest BCUT2D eigenvalue weighted by atomic mass is 10.3. The van der Waals surface area contributed by atoms with Gasteiger partial charge in [0.25, 0.3) is 0 Å². The number of aromatic amines is 1. The number of ether oxygens (including phenoxy) is 1. The summed E-state index contributed by atoms with van der Waals surface area (Å²) in [5.41, 5.74) is 0.868. The molecule has 2 aromatic rings. The van der Waals surface area contributed by atoms with E-state index in [2.05, 4.69) is 9.95 Å². The van der Waals surface area contributed by atoms with Crippen LogP contribution in [0.1, 0.15) is 0 Å². The van der Waals surface area contributed by atoms with Gasteiger partial charge >= 0.3 is 6.09 Å². The summed E-state index contributed by atoms with van der Waals surface area (Å²) in [5, 5.41) is 2.31. The van der Waals surface area contributed by atoms with Crippen LogP contribution in [0.3, 0.4) is 0 Å². The number of carbonyl (C=O) groups excluding carboxylic acids is 1. The number of carbonyl (C=O) groups is 1. The van der Waals surface area contributed by atoms with Gasteiger partial charge in [0, 0.05) is 0 Å². The van der Waals surface area contributed by atoms with E-state index in [1.165, 1.54) is 7.11 Å². The van der Waals surface area contributed by atoms with E-state index in [4.69, 9.17) is 0 Å². The number of methoxy groups -OCH3 is 1. The van der Waals surface area contributed by atoms with Crippen LogP contribution in [0, 0.1) is 4.91 Å². The van der Waals surface area contributed by atoms with E-state index in [1.54, 1.807) is 24.3 Å². The van der Waals surface area contributed by atoms with Crippen molar-refractivity contribution in [1.82, 2.24) is 9.90 Å². The normalized spacial score (nSPS) is 10.4. The van der Waals surface area contributed by atoms with E-state index in [9.17, 15) is 9.70 Å². The number of aromatic nitrogens is 3. The van der Waals surface area contributed by atoms with Gasteiger partial charge in [0.15, 0.2) is 0 Å². The third kappa shape index (κ3) is 1.08. The maximum absolute atomic E-state index is 11.3. The first-order chi connectivity index (χ1) is 6.74. The summed E-state index contributed by atoms with van der Waals surface area (Å²) in [4.78, 5) is 22.5. The molecule has 0 atom stereocenters. The van der Waals surface area contributed by atoms with Crippen LogP contribution < -0.4 is 4.54 Å². The van der Waals surface area contributed by atoms with Crippen molar-refractivity contribution in [3.05, 3.63) is 29.2 Å². The van der Waals surface area contributed by atoms with Crippen molar-refractivity contribution in [2.45, 2.75) is 0 Å². The van der Waals surface area contributed by atoms with Gasteiger partial charge in [0.2, 0.25) is 11.0 Å². The summed E-state index contributed by atoms with van der Waals surface area (Å²) in [7, 11) is 1.25. The van der Waals surface area contributed by atoms with E-state index >= 15 is 0 Å². The average Bonchev–Trinajstić information content (AvgIpc) is 2.56. The third-order valence-corrected chi connectivity index (χ3v) is 1.89. The Balaban J connectivity index is 2.79. The number of H-pyrrole nitrogens is 1. The van der Waals surface area contributed by atoms with Gasteiger partial charge in [-0.05, 0) is 26.9 Å². The number of nitrogens with one attached hydrogen (secondary N) is 1. The first-order valence-corrected chi connectivity index (χ1v) is 3.94. The fourth-order valence-electron chi connectivity index (χ4n) is 1.25. The molecule has 72 valence electrons. The highest BCUT2D eigenvalue weighted by Crippen LogP contribution is 2.07. The summed E-state index contributed by atoms with van der Waals surface area (Å²) in [5.74, 6) is 0. The van der Waals surface area contributed by atoms with Crippen LogP contribution >= 0.6 is 0 Å². The molecule has 0 unspecified atom stereocenters. The van der Waals surface area contributed by atoms with Crippen molar-refractivity contribution in [1.29, 1.82) is 0 Å². The third-order valence-electron chi connectivity index (χ3n) is 1.89. The van der Waals surface area contributed by atoms with Crippen molar-refractivity contribution in [2.75, 3.05) is 7.11 Å². The van der Waals surface area contributed by atoms with E-state index in [0.717, 1.165) is 4.68 Å².